The molecule has 0 aromatic carbocycles. The van der Waals surface area contributed by atoms with Gasteiger partial charge in [0.15, 0.2) is 0 Å². The van der Waals surface area contributed by atoms with E-state index in [2.05, 4.69) is 4.74 Å². The highest BCUT2D eigenvalue weighted by atomic mass is 19.4. The number of rotatable bonds is 6. The van der Waals surface area contributed by atoms with Gasteiger partial charge in [0.2, 0.25) is 0 Å². The van der Waals surface area contributed by atoms with Crippen LogP contribution < -0.4 is 0 Å². The van der Waals surface area contributed by atoms with E-state index in [1.807, 2.05) is 0 Å². The Labute approximate surface area is 121 Å². The zero-order valence-electron chi connectivity index (χ0n) is 10.3. The lowest BCUT2D eigenvalue weighted by molar-refractivity contribution is -0.531. The second kappa shape index (κ2) is 5.80. The molecule has 0 radical (unpaired) electrons. The first-order chi connectivity index (χ1) is 10.1. The van der Waals surface area contributed by atoms with Gasteiger partial charge in [-0.15, -0.1) is 0 Å². The van der Waals surface area contributed by atoms with Crippen molar-refractivity contribution in [3.63, 3.8) is 0 Å². The van der Waals surface area contributed by atoms with Gasteiger partial charge in [0, 0.05) is 0 Å². The van der Waals surface area contributed by atoms with Crippen LogP contribution in [0.1, 0.15) is 0 Å². The van der Waals surface area contributed by atoms with Crippen LogP contribution in [0.3, 0.4) is 0 Å². The molecule has 1 atom stereocenters. The highest BCUT2D eigenvalue weighted by molar-refractivity contribution is 4.94. The van der Waals surface area contributed by atoms with E-state index in [1.165, 1.54) is 4.74 Å². The first kappa shape index (κ1) is 22.5. The van der Waals surface area contributed by atoms with E-state index >= 15 is 0 Å². The van der Waals surface area contributed by atoms with Gasteiger partial charge >= 0.3 is 36.3 Å². The zero-order chi connectivity index (χ0) is 20.0. The molecule has 0 saturated carbocycles. The first-order valence-corrected chi connectivity index (χ1v) is 4.82. The van der Waals surface area contributed by atoms with Gasteiger partial charge in [0.25, 0.3) is 6.01 Å². The smallest absolute Gasteiger partial charge is 0.402 e. The average Bonchev–Trinajstić information content (AvgIpc) is 2.22. The lowest BCUT2D eigenvalue weighted by atomic mass is 10.2. The molecule has 0 amide bonds. The Hall–Kier alpha value is -1.48. The minimum absolute atomic E-state index is 1.47. The third kappa shape index (κ3) is 3.77. The van der Waals surface area contributed by atoms with E-state index in [0.29, 0.717) is 0 Å². The molecule has 1 unspecified atom stereocenters. The molecule has 0 aliphatic rings. The molecule has 0 bridgehead atoms. The summed E-state index contributed by atoms with van der Waals surface area (Å²) in [6, 6.07) is -2.93. The van der Waals surface area contributed by atoms with Crippen LogP contribution in [0.25, 0.3) is 0 Å². The molecule has 0 rings (SSSR count). The summed E-state index contributed by atoms with van der Waals surface area (Å²) < 4.78 is 176. The van der Waals surface area contributed by atoms with Crippen LogP contribution >= 0.6 is 0 Å². The van der Waals surface area contributed by atoms with Crippen molar-refractivity contribution in [1.82, 2.24) is 0 Å². The molecular formula is C8H2F14O2. The topological polar surface area (TPSA) is 18.5 Å². The van der Waals surface area contributed by atoms with Gasteiger partial charge in [0.05, 0.1) is 0 Å². The van der Waals surface area contributed by atoms with Gasteiger partial charge in [-0.1, -0.05) is 0 Å². The maximum atomic E-state index is 13.2. The summed E-state index contributed by atoms with van der Waals surface area (Å²) in [6.07, 6.45) is -29.1. The van der Waals surface area contributed by atoms with Gasteiger partial charge in [0.1, 0.15) is 0 Å². The van der Waals surface area contributed by atoms with Crippen LogP contribution in [-0.2, 0) is 9.47 Å². The minimum Gasteiger partial charge on any atom is -0.402 e. The number of ether oxygens (including phenoxy) is 2. The van der Waals surface area contributed by atoms with Crippen molar-refractivity contribution < 1.29 is 70.9 Å². The Morgan fingerprint density at radius 1 is 0.625 bits per heavy atom. The Morgan fingerprint density at radius 2 is 1.00 bits per heavy atom. The van der Waals surface area contributed by atoms with Gasteiger partial charge < -0.3 is 4.74 Å². The summed E-state index contributed by atoms with van der Waals surface area (Å²) in [6.45, 7) is 1.75. The van der Waals surface area contributed by atoms with E-state index in [-0.39, 0.29) is 0 Å². The van der Waals surface area contributed by atoms with Crippen LogP contribution in [0.5, 0.6) is 0 Å². The van der Waals surface area contributed by atoms with Crippen LogP contribution in [0, 0.1) is 0 Å². The number of hydrogen-bond acceptors (Lipinski definition) is 2. The molecular weight excluding hydrogens is 394 g/mol. The number of hydrogen-bond donors (Lipinski definition) is 0. The third-order valence-electron chi connectivity index (χ3n) is 1.97. The van der Waals surface area contributed by atoms with Crippen molar-refractivity contribution in [3.05, 3.63) is 12.6 Å². The molecule has 0 N–H and O–H groups in total. The van der Waals surface area contributed by atoms with Crippen LogP contribution in [0.15, 0.2) is 12.6 Å². The van der Waals surface area contributed by atoms with Crippen molar-refractivity contribution in [2.45, 2.75) is 36.3 Å². The molecule has 144 valence electrons. The van der Waals surface area contributed by atoms with Crippen molar-refractivity contribution in [3.8, 4) is 0 Å². The molecule has 0 aromatic heterocycles. The maximum Gasteiger partial charge on any atom is 0.471 e. The summed E-state index contributed by atoms with van der Waals surface area (Å²) >= 11 is 0. The fraction of sp³-hybridized carbons (Fsp3) is 0.750. The third-order valence-corrected chi connectivity index (χ3v) is 1.97. The van der Waals surface area contributed by atoms with Gasteiger partial charge in [-0.25, -0.2) is 0 Å². The summed E-state index contributed by atoms with van der Waals surface area (Å²) in [7, 11) is 0. The van der Waals surface area contributed by atoms with E-state index in [4.69, 9.17) is 0 Å². The van der Waals surface area contributed by atoms with Gasteiger partial charge in [-0.05, 0) is 6.58 Å². The van der Waals surface area contributed by atoms with Crippen LogP contribution in [-0.4, -0.2) is 36.3 Å². The fourth-order valence-electron chi connectivity index (χ4n) is 0.893. The summed E-state index contributed by atoms with van der Waals surface area (Å²) in [5.74, 6) is -14.8. The highest BCUT2D eigenvalue weighted by Gasteiger charge is 2.84. The standard InChI is InChI=1S/C8H2F14O2/c1-2(9)23-8(21,22)4(12,6(16,17)18)24-7(19,20)3(10,11)5(13,14)15/h1H2. The number of alkyl halides is 13. The fourth-order valence-corrected chi connectivity index (χ4v) is 0.893. The normalized spacial score (nSPS) is 17.4. The van der Waals surface area contributed by atoms with Crippen molar-refractivity contribution in [2.75, 3.05) is 0 Å². The van der Waals surface area contributed by atoms with E-state index in [1.54, 1.807) is 6.58 Å². The van der Waals surface area contributed by atoms with Crippen LogP contribution in [0.2, 0.25) is 0 Å². The van der Waals surface area contributed by atoms with Crippen molar-refractivity contribution in [1.29, 1.82) is 0 Å². The molecule has 0 saturated heterocycles. The summed E-state index contributed by atoms with van der Waals surface area (Å²) in [5, 5.41) is 0. The predicted octanol–water partition coefficient (Wildman–Crippen LogP) is 5.07. The highest BCUT2D eigenvalue weighted by Crippen LogP contribution is 2.55. The second-order valence-corrected chi connectivity index (χ2v) is 3.76. The van der Waals surface area contributed by atoms with E-state index in [9.17, 15) is 61.5 Å². The minimum atomic E-state index is -7.54. The number of halogens is 14. The largest absolute Gasteiger partial charge is 0.471 e. The van der Waals surface area contributed by atoms with Crippen LogP contribution in [0.4, 0.5) is 61.5 Å². The molecule has 16 heteroatoms. The second-order valence-electron chi connectivity index (χ2n) is 3.76. The lowest BCUT2D eigenvalue weighted by Crippen LogP contribution is -2.65. The average molecular weight is 396 g/mol. The van der Waals surface area contributed by atoms with E-state index < -0.39 is 42.4 Å². The van der Waals surface area contributed by atoms with Crippen molar-refractivity contribution >= 4 is 0 Å². The lowest BCUT2D eigenvalue weighted by Gasteiger charge is -2.37. The molecule has 0 aliphatic heterocycles. The predicted molar refractivity (Wildman–Crippen MR) is 43.2 cm³/mol. The molecule has 24 heavy (non-hydrogen) atoms. The molecule has 0 aromatic rings. The van der Waals surface area contributed by atoms with Gasteiger partial charge in [-0.3, -0.25) is 4.74 Å². The molecule has 2 nitrogen and oxygen atoms in total. The maximum absolute atomic E-state index is 13.2. The Morgan fingerprint density at radius 3 is 1.25 bits per heavy atom. The van der Waals surface area contributed by atoms with Crippen molar-refractivity contribution in [2.24, 2.45) is 0 Å². The van der Waals surface area contributed by atoms with E-state index in [0.717, 1.165) is 0 Å². The molecule has 0 fully saturated rings. The monoisotopic (exact) mass is 396 g/mol. The molecule has 0 aliphatic carbocycles. The SMILES string of the molecule is C=C(F)OC(F)(F)C(F)(OC(F)(F)C(F)(F)C(F)(F)F)C(F)(F)F. The summed E-state index contributed by atoms with van der Waals surface area (Å²) in [5.41, 5.74) is 0. The Kier molecular flexibility index (Phi) is 5.44. The van der Waals surface area contributed by atoms with Gasteiger partial charge in [-0.2, -0.15) is 61.5 Å². The Balaban J connectivity index is 6.14. The first-order valence-electron chi connectivity index (χ1n) is 4.82. The molecule has 0 heterocycles. The zero-order valence-corrected chi connectivity index (χ0v) is 10.3. The Bertz CT molecular complexity index is 476. The quantitative estimate of drug-likeness (QED) is 0.461. The molecule has 0 spiro atoms. The summed E-state index contributed by atoms with van der Waals surface area (Å²) in [4.78, 5) is 0.